The molecule has 108 valence electrons. The van der Waals surface area contributed by atoms with Crippen LogP contribution in [0.4, 0.5) is 10.1 Å². The summed E-state index contributed by atoms with van der Waals surface area (Å²) in [6.45, 7) is 5.28. The van der Waals surface area contributed by atoms with Gasteiger partial charge in [-0.3, -0.25) is 4.99 Å². The Hall–Kier alpha value is -1.58. The maximum Gasteiger partial charge on any atom is 0.196 e. The number of nitrogens with two attached hydrogens (primary N) is 1. The Labute approximate surface area is 119 Å². The van der Waals surface area contributed by atoms with Gasteiger partial charge in [0.1, 0.15) is 5.82 Å². The van der Waals surface area contributed by atoms with Crippen LogP contribution < -0.4 is 10.6 Å². The van der Waals surface area contributed by atoms with E-state index >= 15 is 0 Å². The smallest absolute Gasteiger partial charge is 0.196 e. The van der Waals surface area contributed by atoms with Gasteiger partial charge in [-0.05, 0) is 43.2 Å². The van der Waals surface area contributed by atoms with Crippen molar-refractivity contribution in [2.75, 3.05) is 11.4 Å². The van der Waals surface area contributed by atoms with Crippen LogP contribution in [0, 0.1) is 11.2 Å². The summed E-state index contributed by atoms with van der Waals surface area (Å²) in [6.07, 6.45) is 4.28. The Morgan fingerprint density at radius 1 is 1.15 bits per heavy atom. The molecule has 1 aromatic carbocycles. The van der Waals surface area contributed by atoms with Crippen LogP contribution in [0.2, 0.25) is 0 Å². The van der Waals surface area contributed by atoms with E-state index in [-0.39, 0.29) is 11.4 Å². The lowest BCUT2D eigenvalue weighted by Gasteiger charge is -2.46. The number of benzene rings is 1. The lowest BCUT2D eigenvalue weighted by Crippen LogP contribution is -2.54. The van der Waals surface area contributed by atoms with Crippen LogP contribution in [0.15, 0.2) is 29.3 Å². The number of rotatable bonds is 1. The van der Waals surface area contributed by atoms with Crippen LogP contribution >= 0.6 is 0 Å². The van der Waals surface area contributed by atoms with Crippen LogP contribution in [0.25, 0.3) is 0 Å². The molecule has 0 saturated heterocycles. The first kappa shape index (κ1) is 13.4. The minimum Gasteiger partial charge on any atom is -0.369 e. The number of hydrogen-bond acceptors (Lipinski definition) is 3. The highest BCUT2D eigenvalue weighted by atomic mass is 19.1. The van der Waals surface area contributed by atoms with Gasteiger partial charge in [-0.15, -0.1) is 0 Å². The molecule has 0 unspecified atom stereocenters. The molecule has 0 radical (unpaired) electrons. The zero-order valence-corrected chi connectivity index (χ0v) is 12.2. The van der Waals surface area contributed by atoms with Crippen molar-refractivity contribution < 1.29 is 4.39 Å². The molecule has 2 N–H and O–H groups in total. The Morgan fingerprint density at radius 2 is 1.80 bits per heavy atom. The predicted molar refractivity (Wildman–Crippen MR) is 80.3 cm³/mol. The van der Waals surface area contributed by atoms with Crippen molar-refractivity contribution in [2.24, 2.45) is 16.1 Å². The maximum absolute atomic E-state index is 14.2. The monoisotopic (exact) mass is 275 g/mol. The highest BCUT2D eigenvalue weighted by Gasteiger charge is 2.47. The summed E-state index contributed by atoms with van der Waals surface area (Å²) in [4.78, 5) is 6.36. The molecule has 1 aliphatic heterocycles. The van der Waals surface area contributed by atoms with Crippen molar-refractivity contribution in [3.05, 3.63) is 30.1 Å². The number of para-hydroxylation sites is 1. The minimum atomic E-state index is -0.225. The molecule has 3 nitrogen and oxygen atoms in total. The molecule has 1 saturated carbocycles. The SMILES string of the molecule is CC1(C)CCC2(CC1)CN=C(N)N2c1ccccc1F. The fourth-order valence-corrected chi connectivity index (χ4v) is 3.40. The lowest BCUT2D eigenvalue weighted by molar-refractivity contribution is 0.175. The highest BCUT2D eigenvalue weighted by Crippen LogP contribution is 2.46. The Bertz CT molecular complexity index is 540. The summed E-state index contributed by atoms with van der Waals surface area (Å²) in [7, 11) is 0. The van der Waals surface area contributed by atoms with Gasteiger partial charge in [0.25, 0.3) is 0 Å². The summed E-state index contributed by atoms with van der Waals surface area (Å²) < 4.78 is 14.2. The van der Waals surface area contributed by atoms with E-state index in [0.29, 0.717) is 23.6 Å². The minimum absolute atomic E-state index is 0.123. The number of hydrogen-bond donors (Lipinski definition) is 1. The number of anilines is 1. The van der Waals surface area contributed by atoms with Crippen LogP contribution in [0.5, 0.6) is 0 Å². The quantitative estimate of drug-likeness (QED) is 0.854. The van der Waals surface area contributed by atoms with Crippen molar-refractivity contribution in [3.63, 3.8) is 0 Å². The van der Waals surface area contributed by atoms with Gasteiger partial charge in [-0.25, -0.2) is 4.39 Å². The third kappa shape index (κ3) is 2.07. The molecule has 1 fully saturated rings. The van der Waals surface area contributed by atoms with E-state index < -0.39 is 0 Å². The number of halogens is 1. The summed E-state index contributed by atoms with van der Waals surface area (Å²) >= 11 is 0. The fraction of sp³-hybridized carbons (Fsp3) is 0.562. The van der Waals surface area contributed by atoms with Gasteiger partial charge in [-0.2, -0.15) is 0 Å². The zero-order valence-electron chi connectivity index (χ0n) is 12.2. The number of aliphatic imine (C=N–C) groups is 1. The fourth-order valence-electron chi connectivity index (χ4n) is 3.40. The molecule has 20 heavy (non-hydrogen) atoms. The zero-order chi connectivity index (χ0) is 14.4. The largest absolute Gasteiger partial charge is 0.369 e. The standard InChI is InChI=1S/C16H22FN3/c1-15(2)7-9-16(10-8-15)11-19-14(18)20(16)13-6-4-3-5-12(13)17/h3-6H,7-11H2,1-2H3,(H2,18,19). The first-order valence-corrected chi connectivity index (χ1v) is 7.28. The van der Waals surface area contributed by atoms with Crippen LogP contribution in [-0.4, -0.2) is 18.0 Å². The molecule has 1 aromatic rings. The summed E-state index contributed by atoms with van der Waals surface area (Å²) in [6, 6.07) is 6.84. The molecule has 0 bridgehead atoms. The van der Waals surface area contributed by atoms with E-state index in [0.717, 1.165) is 25.7 Å². The van der Waals surface area contributed by atoms with Gasteiger partial charge >= 0.3 is 0 Å². The normalized spacial score (nSPS) is 23.9. The second-order valence-electron chi connectivity index (χ2n) is 6.85. The van der Waals surface area contributed by atoms with Crippen LogP contribution in [0.1, 0.15) is 39.5 Å². The summed E-state index contributed by atoms with van der Waals surface area (Å²) in [5.74, 6) is 0.228. The van der Waals surface area contributed by atoms with Crippen molar-refractivity contribution in [3.8, 4) is 0 Å². The Balaban J connectivity index is 1.96. The molecule has 2 aliphatic rings. The Morgan fingerprint density at radius 3 is 2.45 bits per heavy atom. The molecule has 1 aliphatic carbocycles. The second kappa shape index (κ2) is 4.47. The van der Waals surface area contributed by atoms with Crippen molar-refractivity contribution in [1.29, 1.82) is 0 Å². The molecule has 3 rings (SSSR count). The van der Waals surface area contributed by atoms with Gasteiger partial charge in [0.2, 0.25) is 0 Å². The lowest BCUT2D eigenvalue weighted by atomic mass is 9.69. The van der Waals surface area contributed by atoms with Gasteiger partial charge in [-0.1, -0.05) is 26.0 Å². The van der Waals surface area contributed by atoms with E-state index in [9.17, 15) is 4.39 Å². The van der Waals surface area contributed by atoms with E-state index in [1.54, 1.807) is 12.1 Å². The predicted octanol–water partition coefficient (Wildman–Crippen LogP) is 3.30. The van der Waals surface area contributed by atoms with Crippen LogP contribution in [0.3, 0.4) is 0 Å². The second-order valence-corrected chi connectivity index (χ2v) is 6.85. The molecular formula is C16H22FN3. The average molecular weight is 275 g/mol. The third-order valence-electron chi connectivity index (χ3n) is 4.87. The molecule has 1 spiro atoms. The highest BCUT2D eigenvalue weighted by molar-refractivity contribution is 5.98. The number of guanidine groups is 1. The van der Waals surface area contributed by atoms with Gasteiger partial charge < -0.3 is 10.6 Å². The van der Waals surface area contributed by atoms with Gasteiger partial charge in [0.15, 0.2) is 5.96 Å². The first-order valence-electron chi connectivity index (χ1n) is 7.28. The molecule has 1 heterocycles. The summed E-state index contributed by atoms with van der Waals surface area (Å²) in [5.41, 5.74) is 6.86. The van der Waals surface area contributed by atoms with Crippen molar-refractivity contribution in [2.45, 2.75) is 45.1 Å². The molecular weight excluding hydrogens is 253 g/mol. The molecule has 0 atom stereocenters. The number of nitrogens with zero attached hydrogens (tertiary/aromatic N) is 2. The topological polar surface area (TPSA) is 41.6 Å². The van der Waals surface area contributed by atoms with Crippen LogP contribution in [-0.2, 0) is 0 Å². The third-order valence-corrected chi connectivity index (χ3v) is 4.87. The van der Waals surface area contributed by atoms with E-state index in [2.05, 4.69) is 18.8 Å². The van der Waals surface area contributed by atoms with Gasteiger partial charge in [0, 0.05) is 0 Å². The Kier molecular flexibility index (Phi) is 3.00. The first-order chi connectivity index (χ1) is 9.44. The maximum atomic E-state index is 14.2. The van der Waals surface area contributed by atoms with E-state index in [4.69, 9.17) is 5.73 Å². The van der Waals surface area contributed by atoms with Crippen molar-refractivity contribution in [1.82, 2.24) is 0 Å². The van der Waals surface area contributed by atoms with E-state index in [1.807, 2.05) is 11.0 Å². The molecule has 0 amide bonds. The average Bonchev–Trinajstić information content (AvgIpc) is 2.72. The molecule has 0 aromatic heterocycles. The van der Waals surface area contributed by atoms with Crippen molar-refractivity contribution >= 4 is 11.6 Å². The van der Waals surface area contributed by atoms with Gasteiger partial charge in [0.05, 0.1) is 17.8 Å². The molecule has 4 heteroatoms. The van der Waals surface area contributed by atoms with E-state index in [1.165, 1.54) is 6.07 Å². The summed E-state index contributed by atoms with van der Waals surface area (Å²) in [5, 5.41) is 0.